The molecule has 0 aliphatic carbocycles. The van der Waals surface area contributed by atoms with Gasteiger partial charge in [-0.2, -0.15) is 0 Å². The lowest BCUT2D eigenvalue weighted by Crippen LogP contribution is -2.07. The highest BCUT2D eigenvalue weighted by Gasteiger charge is 2.12. The Balaban J connectivity index is 2.23. The predicted octanol–water partition coefficient (Wildman–Crippen LogP) is 6.07. The molecule has 0 aromatic heterocycles. The summed E-state index contributed by atoms with van der Waals surface area (Å²) in [7, 11) is 0. The van der Waals surface area contributed by atoms with Crippen LogP contribution < -0.4 is 9.47 Å². The van der Waals surface area contributed by atoms with E-state index in [-0.39, 0.29) is 0 Å². The minimum atomic E-state index is 0.423. The molecule has 0 fully saturated rings. The minimum absolute atomic E-state index is 0.423. The molecule has 0 heterocycles. The molecule has 2 aromatic rings. The molecule has 23 heavy (non-hydrogen) atoms. The first-order valence-corrected chi connectivity index (χ1v) is 8.81. The fraction of sp³-hybridized carbons (Fsp3) is 0.316. The third kappa shape index (κ3) is 4.55. The molecule has 0 saturated heterocycles. The van der Waals surface area contributed by atoms with Crippen molar-refractivity contribution in [1.29, 1.82) is 0 Å². The number of hydrogen-bond acceptors (Lipinski definition) is 3. The molecule has 2 rings (SSSR count). The average molecular weight is 393 g/mol. The summed E-state index contributed by atoms with van der Waals surface area (Å²) >= 11 is 8.77. The Hall–Kier alpha value is -1.39. The molecule has 0 spiro atoms. The second-order valence-corrected chi connectivity index (χ2v) is 6.84. The van der Waals surface area contributed by atoms with Gasteiger partial charge in [-0.1, -0.05) is 35.0 Å². The van der Waals surface area contributed by atoms with Gasteiger partial charge in [-0.3, -0.25) is 0 Å². The molecule has 2 aromatic carbocycles. The molecule has 0 aliphatic heterocycles. The van der Waals surface area contributed by atoms with Gasteiger partial charge in [0.25, 0.3) is 0 Å². The summed E-state index contributed by atoms with van der Waals surface area (Å²) in [4.78, 5) is 0. The highest BCUT2D eigenvalue weighted by atomic mass is 79.9. The number of rotatable bonds is 5. The molecule has 2 nitrogen and oxygen atoms in total. The van der Waals surface area contributed by atoms with E-state index >= 15 is 0 Å². The summed E-state index contributed by atoms with van der Waals surface area (Å²) in [5, 5.41) is 0.576. The zero-order valence-corrected chi connectivity index (χ0v) is 16.3. The molecular formula is C19H21BrO2S. The summed E-state index contributed by atoms with van der Waals surface area (Å²) in [5.41, 5.74) is 4.59. The third-order valence-corrected chi connectivity index (χ3v) is 4.87. The molecule has 4 heteroatoms. The van der Waals surface area contributed by atoms with Crippen LogP contribution in [0.25, 0.3) is 0 Å². The lowest BCUT2D eigenvalue weighted by atomic mass is 10.1. The summed E-state index contributed by atoms with van der Waals surface area (Å²) < 4.78 is 12.8. The third-order valence-electron chi connectivity index (χ3n) is 3.75. The van der Waals surface area contributed by atoms with Crippen molar-refractivity contribution in [2.24, 2.45) is 0 Å². The molecule has 0 bridgehead atoms. The maximum atomic E-state index is 6.04. The monoisotopic (exact) mass is 392 g/mol. The van der Waals surface area contributed by atoms with E-state index < -0.39 is 0 Å². The van der Waals surface area contributed by atoms with E-state index in [0.29, 0.717) is 18.1 Å². The lowest BCUT2D eigenvalue weighted by Gasteiger charge is -2.16. The van der Waals surface area contributed by atoms with Crippen molar-refractivity contribution in [2.45, 2.75) is 40.7 Å². The quantitative estimate of drug-likeness (QED) is 0.575. The van der Waals surface area contributed by atoms with Crippen LogP contribution in [0, 0.1) is 20.8 Å². The predicted molar refractivity (Wildman–Crippen MR) is 103 cm³/mol. The Labute approximate surface area is 151 Å². The maximum absolute atomic E-state index is 6.04. The highest BCUT2D eigenvalue weighted by molar-refractivity contribution is 9.10. The van der Waals surface area contributed by atoms with Crippen LogP contribution in [0.5, 0.6) is 11.5 Å². The maximum Gasteiger partial charge on any atom is 0.167 e. The molecule has 0 atom stereocenters. The van der Waals surface area contributed by atoms with E-state index in [1.165, 1.54) is 11.1 Å². The molecule has 0 unspecified atom stereocenters. The first-order valence-electron chi connectivity index (χ1n) is 7.61. The van der Waals surface area contributed by atoms with Gasteiger partial charge in [0.1, 0.15) is 18.1 Å². The molecule has 0 saturated carbocycles. The Morgan fingerprint density at radius 3 is 2.43 bits per heavy atom. The summed E-state index contributed by atoms with van der Waals surface area (Å²) in [6.07, 6.45) is 0.707. The van der Waals surface area contributed by atoms with Crippen molar-refractivity contribution < 1.29 is 9.47 Å². The van der Waals surface area contributed by atoms with E-state index in [1.54, 1.807) is 0 Å². The Morgan fingerprint density at radius 1 is 1.04 bits per heavy atom. The van der Waals surface area contributed by atoms with Crippen molar-refractivity contribution in [3.8, 4) is 11.5 Å². The topological polar surface area (TPSA) is 18.5 Å². The van der Waals surface area contributed by atoms with Crippen molar-refractivity contribution >= 4 is 33.2 Å². The zero-order valence-electron chi connectivity index (χ0n) is 13.9. The zero-order chi connectivity index (χ0) is 17.0. The average Bonchev–Trinajstić information content (AvgIpc) is 2.51. The van der Waals surface area contributed by atoms with Gasteiger partial charge in [0.05, 0.1) is 0 Å². The first-order chi connectivity index (χ1) is 10.9. The van der Waals surface area contributed by atoms with Crippen LogP contribution in [0.2, 0.25) is 0 Å². The van der Waals surface area contributed by atoms with Gasteiger partial charge < -0.3 is 9.47 Å². The van der Waals surface area contributed by atoms with E-state index in [2.05, 4.69) is 48.8 Å². The van der Waals surface area contributed by atoms with Crippen LogP contribution in [0.1, 0.15) is 35.6 Å². The van der Waals surface area contributed by atoms with Gasteiger partial charge in [0.2, 0.25) is 0 Å². The second kappa shape index (κ2) is 7.93. The number of ether oxygens (including phenoxy) is 2. The van der Waals surface area contributed by atoms with Gasteiger partial charge >= 0.3 is 0 Å². The lowest BCUT2D eigenvalue weighted by molar-refractivity contribution is 0.299. The highest BCUT2D eigenvalue weighted by Crippen LogP contribution is 2.30. The van der Waals surface area contributed by atoms with E-state index in [9.17, 15) is 0 Å². The van der Waals surface area contributed by atoms with Gasteiger partial charge in [-0.15, -0.1) is 0 Å². The standard InChI is InChI=1S/C19H21BrO2S/c1-5-19(23)22-17-8-6-7-16(20)15(17)11-21-18-10-13(3)12(2)9-14(18)4/h6-10H,5,11H2,1-4H3. The number of aryl methyl sites for hydroxylation is 3. The first kappa shape index (κ1) is 18.0. The van der Waals surface area contributed by atoms with E-state index in [1.807, 2.05) is 25.1 Å². The van der Waals surface area contributed by atoms with Crippen LogP contribution in [-0.4, -0.2) is 5.05 Å². The molecule has 0 amide bonds. The number of thiocarbonyl (C=S) groups is 1. The Bertz CT molecular complexity index is 726. The number of hydrogen-bond donors (Lipinski definition) is 0. The molecule has 122 valence electrons. The van der Waals surface area contributed by atoms with Crippen LogP contribution in [0.15, 0.2) is 34.8 Å². The van der Waals surface area contributed by atoms with Crippen LogP contribution >= 0.6 is 28.1 Å². The molecular weight excluding hydrogens is 372 g/mol. The minimum Gasteiger partial charge on any atom is -0.488 e. The molecule has 0 aliphatic rings. The van der Waals surface area contributed by atoms with Crippen LogP contribution in [-0.2, 0) is 6.61 Å². The molecule has 0 N–H and O–H groups in total. The van der Waals surface area contributed by atoms with Crippen molar-refractivity contribution in [3.05, 3.63) is 57.1 Å². The SMILES string of the molecule is CCC(=S)Oc1cccc(Br)c1COc1cc(C)c(C)cc1C. The van der Waals surface area contributed by atoms with E-state index in [4.69, 9.17) is 21.7 Å². The number of halogens is 1. The fourth-order valence-electron chi connectivity index (χ4n) is 2.21. The largest absolute Gasteiger partial charge is 0.488 e. The van der Waals surface area contributed by atoms with Gasteiger partial charge in [-0.25, -0.2) is 0 Å². The smallest absolute Gasteiger partial charge is 0.167 e. The van der Waals surface area contributed by atoms with Crippen LogP contribution in [0.4, 0.5) is 0 Å². The summed E-state index contributed by atoms with van der Waals surface area (Å²) in [6.45, 7) is 8.67. The van der Waals surface area contributed by atoms with E-state index in [0.717, 1.165) is 27.1 Å². The van der Waals surface area contributed by atoms with Crippen LogP contribution in [0.3, 0.4) is 0 Å². The Kier molecular flexibility index (Phi) is 6.19. The summed E-state index contributed by atoms with van der Waals surface area (Å²) in [6, 6.07) is 10.1. The van der Waals surface area contributed by atoms with Crippen molar-refractivity contribution in [1.82, 2.24) is 0 Å². The van der Waals surface area contributed by atoms with Gasteiger partial charge in [-0.05, 0) is 67.9 Å². The van der Waals surface area contributed by atoms with Crippen molar-refractivity contribution in [2.75, 3.05) is 0 Å². The normalized spacial score (nSPS) is 10.5. The van der Waals surface area contributed by atoms with Crippen molar-refractivity contribution in [3.63, 3.8) is 0 Å². The van der Waals surface area contributed by atoms with Gasteiger partial charge in [0, 0.05) is 16.5 Å². The fourth-order valence-corrected chi connectivity index (χ4v) is 2.76. The molecule has 0 radical (unpaired) electrons. The summed E-state index contributed by atoms with van der Waals surface area (Å²) in [5.74, 6) is 1.64. The Morgan fingerprint density at radius 2 is 1.74 bits per heavy atom. The number of benzene rings is 2. The second-order valence-electron chi connectivity index (χ2n) is 5.53. The van der Waals surface area contributed by atoms with Gasteiger partial charge in [0.15, 0.2) is 5.05 Å².